The average Bonchev–Trinajstić information content (AvgIpc) is 3.35. The van der Waals surface area contributed by atoms with Crippen LogP contribution < -0.4 is 0 Å². The fourth-order valence-electron chi connectivity index (χ4n) is 7.10. The largest absolute Gasteiger partial charge is 0.462 e. The van der Waals surface area contributed by atoms with Crippen LogP contribution in [0.4, 0.5) is 0 Å². The van der Waals surface area contributed by atoms with Gasteiger partial charge in [0.1, 0.15) is 13.2 Å². The van der Waals surface area contributed by atoms with E-state index in [0.29, 0.717) is 19.3 Å². The highest BCUT2D eigenvalue weighted by atomic mass is 16.6. The highest BCUT2D eigenvalue weighted by molar-refractivity contribution is 5.71. The quantitative estimate of drug-likeness (QED) is 0.0262. The molecule has 0 aromatic rings. The van der Waals surface area contributed by atoms with E-state index in [1.54, 1.807) is 0 Å². The zero-order chi connectivity index (χ0) is 50.0. The molecular weight excluding hydrogens is 853 g/mol. The summed E-state index contributed by atoms with van der Waals surface area (Å²) >= 11 is 0. The smallest absolute Gasteiger partial charge is 0.306 e. The van der Waals surface area contributed by atoms with Gasteiger partial charge in [-0.15, -0.1) is 0 Å². The van der Waals surface area contributed by atoms with Crippen LogP contribution in [0.5, 0.6) is 0 Å². The summed E-state index contributed by atoms with van der Waals surface area (Å²) in [4.78, 5) is 38.1. The minimum absolute atomic E-state index is 0.129. The maximum Gasteiger partial charge on any atom is 0.306 e. The minimum Gasteiger partial charge on any atom is -0.462 e. The third-order valence-electron chi connectivity index (χ3n) is 11.2. The van der Waals surface area contributed by atoms with Crippen molar-refractivity contribution in [2.75, 3.05) is 13.2 Å². The summed E-state index contributed by atoms with van der Waals surface area (Å²) in [6, 6.07) is 0. The highest BCUT2D eigenvalue weighted by Gasteiger charge is 2.19. The molecule has 69 heavy (non-hydrogen) atoms. The number of rotatable bonds is 47. The molecule has 6 nitrogen and oxygen atoms in total. The van der Waals surface area contributed by atoms with Gasteiger partial charge in [-0.05, 0) is 51.4 Å². The molecule has 0 saturated carbocycles. The zero-order valence-electron chi connectivity index (χ0n) is 44.0. The van der Waals surface area contributed by atoms with Gasteiger partial charge in [-0.1, -0.05) is 289 Å². The van der Waals surface area contributed by atoms with Gasteiger partial charge in [-0.3, -0.25) is 14.4 Å². The molecule has 0 aromatic carbocycles. The molecule has 0 amide bonds. The minimum atomic E-state index is -0.831. The van der Waals surface area contributed by atoms with E-state index in [-0.39, 0.29) is 44.0 Å². The van der Waals surface area contributed by atoms with Gasteiger partial charge in [0.25, 0.3) is 0 Å². The first-order valence-electron chi connectivity index (χ1n) is 27.5. The van der Waals surface area contributed by atoms with E-state index >= 15 is 0 Å². The van der Waals surface area contributed by atoms with Crippen LogP contribution in [0.3, 0.4) is 0 Å². The average molecular weight is 951 g/mol. The van der Waals surface area contributed by atoms with E-state index in [4.69, 9.17) is 14.2 Å². The van der Waals surface area contributed by atoms with Crippen molar-refractivity contribution in [3.8, 4) is 0 Å². The lowest BCUT2D eigenvalue weighted by atomic mass is 10.0. The Balaban J connectivity index is 4.55. The summed E-state index contributed by atoms with van der Waals surface area (Å²) in [5.74, 6) is -1.05. The van der Waals surface area contributed by atoms with Crippen molar-refractivity contribution in [1.82, 2.24) is 0 Å². The SMILES string of the molecule is CC\C=C/C=C\C=C/C=C\C=C/CCCC(=O)OCC(COC(=O)CCCCC\C=C/C=C\C=C\C=C/C=C\C=C/C=C\CC)OC(=O)CCCCCCCCCCCCCCCCCCCCC. The predicted octanol–water partition coefficient (Wildman–Crippen LogP) is 18.4. The summed E-state index contributed by atoms with van der Waals surface area (Å²) < 4.78 is 16.7. The highest BCUT2D eigenvalue weighted by Crippen LogP contribution is 2.16. The lowest BCUT2D eigenvalue weighted by Gasteiger charge is -2.18. The summed E-state index contributed by atoms with van der Waals surface area (Å²) in [5, 5.41) is 0. The van der Waals surface area contributed by atoms with Crippen molar-refractivity contribution in [1.29, 1.82) is 0 Å². The maximum atomic E-state index is 12.8. The third kappa shape index (κ3) is 54.1. The third-order valence-corrected chi connectivity index (χ3v) is 11.2. The summed E-state index contributed by atoms with van der Waals surface area (Å²) in [6.45, 7) is 6.24. The van der Waals surface area contributed by atoms with Crippen LogP contribution in [0, 0.1) is 0 Å². The number of esters is 3. The Morgan fingerprint density at radius 1 is 0.304 bits per heavy atom. The van der Waals surface area contributed by atoms with Crippen molar-refractivity contribution in [3.63, 3.8) is 0 Å². The molecule has 1 unspecified atom stereocenters. The number of ether oxygens (including phenoxy) is 3. The predicted molar refractivity (Wildman–Crippen MR) is 297 cm³/mol. The molecule has 0 fully saturated rings. The topological polar surface area (TPSA) is 78.9 Å². The molecule has 386 valence electrons. The summed E-state index contributed by atoms with van der Waals surface area (Å²) in [7, 11) is 0. The van der Waals surface area contributed by atoms with E-state index in [2.05, 4.69) is 39.0 Å². The second kappa shape index (κ2) is 55.9. The van der Waals surface area contributed by atoms with E-state index in [0.717, 1.165) is 57.8 Å². The van der Waals surface area contributed by atoms with Crippen LogP contribution in [0.15, 0.2) is 146 Å². The zero-order valence-corrected chi connectivity index (χ0v) is 44.0. The molecule has 0 aromatic heterocycles. The summed E-state index contributed by atoms with van der Waals surface area (Å²) in [6.07, 6.45) is 79.9. The Hall–Kier alpha value is -4.71. The van der Waals surface area contributed by atoms with Crippen LogP contribution in [-0.4, -0.2) is 37.2 Å². The summed E-state index contributed by atoms with van der Waals surface area (Å²) in [5.41, 5.74) is 0. The molecule has 0 spiro atoms. The first-order chi connectivity index (χ1) is 34.0. The van der Waals surface area contributed by atoms with Crippen LogP contribution in [-0.2, 0) is 28.6 Å². The van der Waals surface area contributed by atoms with E-state index < -0.39 is 6.10 Å². The lowest BCUT2D eigenvalue weighted by Crippen LogP contribution is -2.30. The Kier molecular flexibility index (Phi) is 52.1. The number of carbonyl (C=O) groups is 3. The molecular formula is C63H98O6. The van der Waals surface area contributed by atoms with E-state index in [1.165, 1.54) is 103 Å². The molecule has 1 atom stereocenters. The molecule has 0 bridgehead atoms. The molecule has 0 aliphatic carbocycles. The Bertz CT molecular complexity index is 1560. The second-order valence-electron chi connectivity index (χ2n) is 17.7. The van der Waals surface area contributed by atoms with Crippen molar-refractivity contribution in [2.45, 2.75) is 219 Å². The van der Waals surface area contributed by atoms with Crippen molar-refractivity contribution >= 4 is 17.9 Å². The lowest BCUT2D eigenvalue weighted by molar-refractivity contribution is -0.167. The van der Waals surface area contributed by atoms with Gasteiger partial charge >= 0.3 is 17.9 Å². The van der Waals surface area contributed by atoms with Crippen molar-refractivity contribution < 1.29 is 28.6 Å². The van der Waals surface area contributed by atoms with Crippen molar-refractivity contribution in [2.24, 2.45) is 0 Å². The van der Waals surface area contributed by atoms with Crippen LogP contribution >= 0.6 is 0 Å². The first kappa shape index (κ1) is 64.3. The standard InChI is InChI=1S/C63H98O6/c1-4-7-10-13-16-19-22-25-27-29-31-33-35-38-41-44-47-50-53-56-62(65)68-59-60(58-67-61(64)55-52-49-46-43-40-37-24-21-18-15-12-9-6-3)69-63(66)57-54-51-48-45-42-39-36-34-32-30-28-26-23-20-17-14-11-8-5-2/h7,9-10,12-13,15-16,18-19,21-22,24-25,27,29,31,33,35,37-38,40-41,43,46,60H,4-6,8,11,14,17,20,23,26,28,30,32,34,36,39,42,44-45,47-59H2,1-3H3/b10-7-,12-9-,16-13-,18-15-,22-19-,24-21-,27-25-,31-29+,35-33-,40-37-,41-38-,46-43-. The van der Waals surface area contributed by atoms with E-state index in [1.807, 2.05) is 128 Å². The maximum absolute atomic E-state index is 12.8. The van der Waals surface area contributed by atoms with Crippen LogP contribution in [0.25, 0.3) is 0 Å². The van der Waals surface area contributed by atoms with Crippen LogP contribution in [0.1, 0.15) is 213 Å². The van der Waals surface area contributed by atoms with Gasteiger partial charge in [0.05, 0.1) is 0 Å². The van der Waals surface area contributed by atoms with Crippen molar-refractivity contribution in [3.05, 3.63) is 146 Å². The molecule has 0 radical (unpaired) electrons. The van der Waals surface area contributed by atoms with Gasteiger partial charge in [0.2, 0.25) is 0 Å². The van der Waals surface area contributed by atoms with Crippen LogP contribution in [0.2, 0.25) is 0 Å². The van der Waals surface area contributed by atoms with Gasteiger partial charge < -0.3 is 14.2 Å². The van der Waals surface area contributed by atoms with Gasteiger partial charge in [-0.2, -0.15) is 0 Å². The second-order valence-corrected chi connectivity index (χ2v) is 17.7. The van der Waals surface area contributed by atoms with Gasteiger partial charge in [0, 0.05) is 19.3 Å². The molecule has 0 saturated heterocycles. The number of hydrogen-bond donors (Lipinski definition) is 0. The Morgan fingerprint density at radius 2 is 0.580 bits per heavy atom. The number of carbonyl (C=O) groups excluding carboxylic acids is 3. The number of unbranched alkanes of at least 4 members (excludes halogenated alkanes) is 22. The van der Waals surface area contributed by atoms with Gasteiger partial charge in [0.15, 0.2) is 6.10 Å². The first-order valence-corrected chi connectivity index (χ1v) is 27.5. The molecule has 0 aliphatic heterocycles. The van der Waals surface area contributed by atoms with Gasteiger partial charge in [-0.25, -0.2) is 0 Å². The fourth-order valence-corrected chi connectivity index (χ4v) is 7.10. The fraction of sp³-hybridized carbons (Fsp3) is 0.571. The molecule has 0 aliphatic rings. The molecule has 0 heterocycles. The molecule has 0 N–H and O–H groups in total. The Morgan fingerprint density at radius 3 is 0.942 bits per heavy atom. The number of allylic oxidation sites excluding steroid dienone is 24. The Labute approximate surface area is 423 Å². The van der Waals surface area contributed by atoms with E-state index in [9.17, 15) is 14.4 Å². The number of hydrogen-bond acceptors (Lipinski definition) is 6. The molecule has 6 heteroatoms. The molecule has 0 rings (SSSR count). The normalized spacial score (nSPS) is 13.3. The monoisotopic (exact) mass is 951 g/mol.